The second-order valence-electron chi connectivity index (χ2n) is 12.3. The Bertz CT molecular complexity index is 1960. The second-order valence-corrected chi connectivity index (χ2v) is 12.3. The molecule has 2 amide bonds. The highest BCUT2D eigenvalue weighted by Gasteiger charge is 2.34. The number of aromatic nitrogens is 1. The van der Waals surface area contributed by atoms with Crippen LogP contribution in [0.4, 0.5) is 0 Å². The molecule has 45 heavy (non-hydrogen) atoms. The number of carbonyl (C=O) groups is 2. The van der Waals surface area contributed by atoms with Crippen molar-refractivity contribution in [3.63, 3.8) is 0 Å². The van der Waals surface area contributed by atoms with Crippen LogP contribution in [0, 0.1) is 0 Å². The smallest absolute Gasteiger partial charge is 0.247 e. The van der Waals surface area contributed by atoms with Crippen LogP contribution in [0.1, 0.15) is 54.8 Å². The molecule has 0 aliphatic heterocycles. The Hall–Kier alpha value is -4.90. The zero-order valence-corrected chi connectivity index (χ0v) is 25.5. The number of fused-ring (bicyclic) bond motifs is 3. The van der Waals surface area contributed by atoms with Crippen LogP contribution in [0.3, 0.4) is 0 Å². The highest BCUT2D eigenvalue weighted by molar-refractivity contribution is 5.97. The SMILES string of the molecule is O=C(NC1CCCCC1)C(c1cccc2ccccc12)N(CCc1c[nH]c2ccccc12)C(=O)Cc1cccc2ccccc12. The third-order valence-corrected chi connectivity index (χ3v) is 9.47. The normalized spacial score (nSPS) is 14.5. The summed E-state index contributed by atoms with van der Waals surface area (Å²) in [7, 11) is 0. The van der Waals surface area contributed by atoms with Crippen molar-refractivity contribution in [2.24, 2.45) is 0 Å². The summed E-state index contributed by atoms with van der Waals surface area (Å²) in [6, 6.07) is 36.2. The zero-order chi connectivity index (χ0) is 30.6. The average molecular weight is 594 g/mol. The fourth-order valence-corrected chi connectivity index (χ4v) is 7.15. The van der Waals surface area contributed by atoms with Crippen molar-refractivity contribution in [2.75, 3.05) is 6.54 Å². The Morgan fingerprint density at radius 3 is 2.16 bits per heavy atom. The molecule has 5 heteroatoms. The molecule has 226 valence electrons. The summed E-state index contributed by atoms with van der Waals surface area (Å²) >= 11 is 0. The van der Waals surface area contributed by atoms with Crippen LogP contribution < -0.4 is 5.32 Å². The highest BCUT2D eigenvalue weighted by atomic mass is 16.2. The zero-order valence-electron chi connectivity index (χ0n) is 25.5. The van der Waals surface area contributed by atoms with Crippen LogP contribution in [0.15, 0.2) is 115 Å². The number of amides is 2. The molecule has 1 aliphatic rings. The number of aromatic amines is 1. The molecule has 1 aliphatic carbocycles. The van der Waals surface area contributed by atoms with Gasteiger partial charge in [0.25, 0.3) is 0 Å². The lowest BCUT2D eigenvalue weighted by molar-refractivity contribution is -0.140. The number of rotatable bonds is 9. The van der Waals surface area contributed by atoms with E-state index in [1.54, 1.807) is 0 Å². The first-order chi connectivity index (χ1) is 22.2. The van der Waals surface area contributed by atoms with E-state index in [2.05, 4.69) is 58.8 Å². The van der Waals surface area contributed by atoms with Gasteiger partial charge in [0.05, 0.1) is 6.42 Å². The number of carbonyl (C=O) groups excluding carboxylic acids is 2. The number of nitrogens with zero attached hydrogens (tertiary/aromatic N) is 1. The summed E-state index contributed by atoms with van der Waals surface area (Å²) in [5, 5.41) is 8.77. The third-order valence-electron chi connectivity index (χ3n) is 9.47. The predicted molar refractivity (Wildman–Crippen MR) is 183 cm³/mol. The quantitative estimate of drug-likeness (QED) is 0.177. The Balaban J connectivity index is 1.31. The average Bonchev–Trinajstić information content (AvgIpc) is 3.50. The summed E-state index contributed by atoms with van der Waals surface area (Å²) < 4.78 is 0. The van der Waals surface area contributed by atoms with Gasteiger partial charge in [0.1, 0.15) is 6.04 Å². The van der Waals surface area contributed by atoms with E-state index in [1.807, 2.05) is 71.8 Å². The molecule has 0 spiro atoms. The summed E-state index contributed by atoms with van der Waals surface area (Å²) in [5.74, 6) is -0.147. The van der Waals surface area contributed by atoms with Gasteiger partial charge in [-0.2, -0.15) is 0 Å². The third kappa shape index (κ3) is 6.08. The molecule has 1 heterocycles. The van der Waals surface area contributed by atoms with Crippen LogP contribution >= 0.6 is 0 Å². The molecule has 7 rings (SSSR count). The van der Waals surface area contributed by atoms with Crippen molar-refractivity contribution in [3.8, 4) is 0 Å². The molecule has 5 nitrogen and oxygen atoms in total. The van der Waals surface area contributed by atoms with Crippen LogP contribution in [-0.2, 0) is 22.4 Å². The molecule has 5 aromatic carbocycles. The number of H-pyrrole nitrogens is 1. The second kappa shape index (κ2) is 13.0. The van der Waals surface area contributed by atoms with Gasteiger partial charge in [-0.05, 0) is 63.6 Å². The lowest BCUT2D eigenvalue weighted by Crippen LogP contribution is -2.48. The van der Waals surface area contributed by atoms with Gasteiger partial charge >= 0.3 is 0 Å². The van der Waals surface area contributed by atoms with Crippen LogP contribution in [0.25, 0.3) is 32.4 Å². The molecule has 1 fully saturated rings. The van der Waals surface area contributed by atoms with Crippen LogP contribution in [0.5, 0.6) is 0 Å². The molecular weight excluding hydrogens is 554 g/mol. The van der Waals surface area contributed by atoms with E-state index in [1.165, 1.54) is 6.42 Å². The summed E-state index contributed by atoms with van der Waals surface area (Å²) in [6.07, 6.45) is 8.28. The van der Waals surface area contributed by atoms with Gasteiger partial charge in [-0.25, -0.2) is 0 Å². The predicted octanol–water partition coefficient (Wildman–Crippen LogP) is 8.28. The van der Waals surface area contributed by atoms with Crippen molar-refractivity contribution in [1.29, 1.82) is 0 Å². The Morgan fingerprint density at radius 1 is 0.711 bits per heavy atom. The van der Waals surface area contributed by atoms with Crippen LogP contribution in [-0.4, -0.2) is 34.3 Å². The van der Waals surface area contributed by atoms with Gasteiger partial charge in [0.2, 0.25) is 11.8 Å². The minimum atomic E-state index is -0.759. The highest BCUT2D eigenvalue weighted by Crippen LogP contribution is 2.32. The minimum absolute atomic E-state index is 0.0528. The van der Waals surface area contributed by atoms with E-state index < -0.39 is 6.04 Å². The Morgan fingerprint density at radius 2 is 1.36 bits per heavy atom. The van der Waals surface area contributed by atoms with Crippen molar-refractivity contribution >= 4 is 44.3 Å². The fraction of sp³-hybridized carbons (Fsp3) is 0.250. The molecule has 2 N–H and O–H groups in total. The van der Waals surface area contributed by atoms with Crippen molar-refractivity contribution in [1.82, 2.24) is 15.2 Å². The molecule has 0 radical (unpaired) electrons. The maximum atomic E-state index is 14.7. The van der Waals surface area contributed by atoms with Gasteiger partial charge in [0.15, 0.2) is 0 Å². The monoisotopic (exact) mass is 593 g/mol. The molecule has 6 aromatic rings. The largest absolute Gasteiger partial charge is 0.361 e. The molecule has 1 unspecified atom stereocenters. The first-order valence-electron chi connectivity index (χ1n) is 16.2. The molecule has 0 bridgehead atoms. The van der Waals surface area contributed by atoms with Gasteiger partial charge in [-0.1, -0.05) is 122 Å². The Labute approximate surface area is 264 Å². The van der Waals surface area contributed by atoms with E-state index in [9.17, 15) is 9.59 Å². The first-order valence-corrected chi connectivity index (χ1v) is 16.2. The first kappa shape index (κ1) is 28.8. The van der Waals surface area contributed by atoms with Crippen molar-refractivity contribution in [2.45, 2.75) is 57.0 Å². The topological polar surface area (TPSA) is 65.2 Å². The number of benzene rings is 5. The van der Waals surface area contributed by atoms with Crippen LogP contribution in [0.2, 0.25) is 0 Å². The maximum absolute atomic E-state index is 14.7. The molecule has 1 saturated carbocycles. The number of nitrogens with one attached hydrogen (secondary N) is 2. The molecule has 1 aromatic heterocycles. The molecule has 1 atom stereocenters. The Kier molecular flexibility index (Phi) is 8.33. The van der Waals surface area contributed by atoms with E-state index in [0.717, 1.165) is 74.8 Å². The van der Waals surface area contributed by atoms with Crippen molar-refractivity contribution < 1.29 is 9.59 Å². The number of para-hydroxylation sites is 1. The standard InChI is InChI=1S/C40H39N3O2/c44-38(26-30-16-10-14-28-12-4-6-19-33(28)30)43(25-24-31-27-41-37-23-9-8-21-35(31)37)39(40(45)42-32-17-2-1-3-18-32)36-22-11-15-29-13-5-7-20-34(29)36/h4-16,19-23,27,32,39,41H,1-3,17-18,24-26H2,(H,42,45). The van der Waals surface area contributed by atoms with Gasteiger partial charge in [-0.15, -0.1) is 0 Å². The summed E-state index contributed by atoms with van der Waals surface area (Å²) in [4.78, 5) is 34.4. The fourth-order valence-electron chi connectivity index (χ4n) is 7.15. The molecule has 0 saturated heterocycles. The van der Waals surface area contributed by atoms with Gasteiger partial charge in [0, 0.05) is 29.7 Å². The van der Waals surface area contributed by atoms with Crippen molar-refractivity contribution in [3.05, 3.63) is 132 Å². The van der Waals surface area contributed by atoms with E-state index in [4.69, 9.17) is 0 Å². The minimum Gasteiger partial charge on any atom is -0.361 e. The van der Waals surface area contributed by atoms with E-state index >= 15 is 0 Å². The summed E-state index contributed by atoms with van der Waals surface area (Å²) in [6.45, 7) is 0.414. The maximum Gasteiger partial charge on any atom is 0.247 e. The lowest BCUT2D eigenvalue weighted by Gasteiger charge is -2.34. The summed E-state index contributed by atoms with van der Waals surface area (Å²) in [5.41, 5.74) is 4.05. The number of hydrogen-bond donors (Lipinski definition) is 2. The van der Waals surface area contributed by atoms with E-state index in [0.29, 0.717) is 13.0 Å². The van der Waals surface area contributed by atoms with E-state index in [-0.39, 0.29) is 24.3 Å². The van der Waals surface area contributed by atoms with Gasteiger partial charge in [-0.3, -0.25) is 9.59 Å². The number of hydrogen-bond acceptors (Lipinski definition) is 2. The lowest BCUT2D eigenvalue weighted by atomic mass is 9.93. The van der Waals surface area contributed by atoms with Gasteiger partial charge < -0.3 is 15.2 Å². The molecular formula is C40H39N3O2.